The number of hydrogen-bond acceptors (Lipinski definition) is 12. The number of carbonyl (C=O) groups excluding carboxylic acids is 3. The first-order valence-electron chi connectivity index (χ1n) is 20.3. The second kappa shape index (κ2) is 17.2. The number of imide groups is 1. The zero-order valence-corrected chi connectivity index (χ0v) is 33.9. The molecule has 2 saturated heterocycles. The number of carbonyl (C=O) groups is 4. The van der Waals surface area contributed by atoms with E-state index in [9.17, 15) is 24.6 Å². The second-order valence-electron chi connectivity index (χ2n) is 15.3. The number of rotatable bonds is 11. The van der Waals surface area contributed by atoms with Gasteiger partial charge in [0.05, 0.1) is 36.5 Å². The highest BCUT2D eigenvalue weighted by atomic mass is 16.6. The monoisotopic (exact) mass is 847 g/mol. The predicted molar refractivity (Wildman–Crippen MR) is 226 cm³/mol. The van der Waals surface area contributed by atoms with Crippen molar-refractivity contribution in [2.75, 3.05) is 38.4 Å². The van der Waals surface area contributed by atoms with Gasteiger partial charge in [0.15, 0.2) is 0 Å². The van der Waals surface area contributed by atoms with E-state index in [1.165, 1.54) is 7.11 Å². The fourth-order valence-corrected chi connectivity index (χ4v) is 9.41. The normalized spacial score (nSPS) is 22.6. The highest BCUT2D eigenvalue weighted by Crippen LogP contribution is 2.66. The van der Waals surface area contributed by atoms with Crippen LogP contribution in [-0.4, -0.2) is 93.6 Å². The number of nitrogens with zero attached hydrogens (tertiary/aromatic N) is 5. The summed E-state index contributed by atoms with van der Waals surface area (Å²) >= 11 is 0. The van der Waals surface area contributed by atoms with Gasteiger partial charge in [-0.3, -0.25) is 19.3 Å². The molecule has 63 heavy (non-hydrogen) atoms. The van der Waals surface area contributed by atoms with Crippen molar-refractivity contribution in [2.45, 2.75) is 36.2 Å². The number of esters is 1. The smallest absolute Gasteiger partial charge is 0.421 e. The second-order valence-corrected chi connectivity index (χ2v) is 15.3. The van der Waals surface area contributed by atoms with Gasteiger partial charge in [-0.05, 0) is 64.7 Å². The maximum Gasteiger partial charge on any atom is 0.421 e. The number of morpholine rings is 1. The van der Waals surface area contributed by atoms with E-state index in [0.29, 0.717) is 33.5 Å². The molecule has 0 aliphatic carbocycles. The number of ether oxygens (including phenoxy) is 4. The molecular formula is C48H41N5O10. The number of aromatic nitrogens is 3. The van der Waals surface area contributed by atoms with Crippen LogP contribution in [0, 0.1) is 17.8 Å². The lowest BCUT2D eigenvalue weighted by molar-refractivity contribution is -0.179. The van der Waals surface area contributed by atoms with Crippen molar-refractivity contribution in [2.24, 2.45) is 5.92 Å². The van der Waals surface area contributed by atoms with E-state index in [2.05, 4.69) is 22.2 Å². The molecular weight excluding hydrogens is 807 g/mol. The number of aliphatic carboxylic acids is 1. The molecule has 6 unspecified atom stereocenters. The molecule has 3 aliphatic rings. The molecule has 1 aromatic heterocycles. The summed E-state index contributed by atoms with van der Waals surface area (Å²) in [5.74, 6) is 1.54. The first-order valence-corrected chi connectivity index (χ1v) is 20.3. The molecule has 6 aromatic rings. The number of aliphatic hydroxyl groups is 1. The van der Waals surface area contributed by atoms with E-state index in [1.807, 2.05) is 84.9 Å². The Morgan fingerprint density at radius 1 is 0.825 bits per heavy atom. The Morgan fingerprint density at radius 2 is 1.56 bits per heavy atom. The number of anilines is 1. The average molecular weight is 848 g/mol. The number of fused-ring (bicyclic) bond motifs is 4. The predicted octanol–water partition coefficient (Wildman–Crippen LogP) is 5.39. The molecule has 2 fully saturated rings. The standard InChI is InChI=1S/C48H41N5O10/c1-60-26-27-62-47(59)52-37-22-21-30(12-11-23-51-38-20-9-8-19-36(38)49-50-51)28-35(37)48(46(52)58)39(44(55)56)41-45(57)63-42(32-15-6-3-7-16-32)40(31-13-4-2-5-14-31)53(41)43(48)33-17-10-18-34(29-33)61-25-24-54/h2-10,13-22,28-29,39-43,54H,23-27H2,1H3,(H,55,56). The summed E-state index contributed by atoms with van der Waals surface area (Å²) in [6.45, 7) is -0.344. The third-order valence-electron chi connectivity index (χ3n) is 11.8. The van der Waals surface area contributed by atoms with Crippen LogP contribution in [0.5, 0.6) is 5.75 Å². The number of hydrogen-bond donors (Lipinski definition) is 2. The van der Waals surface area contributed by atoms with Crippen LogP contribution in [0.3, 0.4) is 0 Å². The summed E-state index contributed by atoms with van der Waals surface area (Å²) in [5.41, 5.74) is 1.64. The number of aliphatic hydroxyl groups excluding tert-OH is 1. The third-order valence-corrected chi connectivity index (χ3v) is 11.8. The van der Waals surface area contributed by atoms with Gasteiger partial charge in [0.1, 0.15) is 54.5 Å². The maximum absolute atomic E-state index is 15.9. The minimum atomic E-state index is -2.20. The molecule has 9 rings (SSSR count). The van der Waals surface area contributed by atoms with Gasteiger partial charge in [-0.25, -0.2) is 14.4 Å². The number of cyclic esters (lactones) is 1. The number of methoxy groups -OCH3 is 1. The van der Waals surface area contributed by atoms with E-state index >= 15 is 4.79 Å². The van der Waals surface area contributed by atoms with Gasteiger partial charge in [0.2, 0.25) is 5.91 Å². The van der Waals surface area contributed by atoms with Gasteiger partial charge in [-0.1, -0.05) is 102 Å². The van der Waals surface area contributed by atoms with Gasteiger partial charge >= 0.3 is 18.0 Å². The van der Waals surface area contributed by atoms with Crippen LogP contribution in [0.1, 0.15) is 46.0 Å². The minimum Gasteiger partial charge on any atom is -0.491 e. The quantitative estimate of drug-likeness (QED) is 0.0964. The fourth-order valence-electron chi connectivity index (χ4n) is 9.41. The maximum atomic E-state index is 15.9. The lowest BCUT2D eigenvalue weighted by Gasteiger charge is -2.46. The summed E-state index contributed by atoms with van der Waals surface area (Å²) < 4.78 is 24.6. The van der Waals surface area contributed by atoms with Crippen molar-refractivity contribution in [3.05, 3.63) is 155 Å². The van der Waals surface area contributed by atoms with Crippen LogP contribution in [0.2, 0.25) is 0 Å². The molecule has 318 valence electrons. The van der Waals surface area contributed by atoms with Crippen molar-refractivity contribution in [3.8, 4) is 17.6 Å². The van der Waals surface area contributed by atoms with Crippen LogP contribution in [0.25, 0.3) is 11.0 Å². The molecule has 0 saturated carbocycles. The van der Waals surface area contributed by atoms with E-state index in [1.54, 1.807) is 52.0 Å². The third kappa shape index (κ3) is 7.04. The Hall–Kier alpha value is -7.38. The number of amides is 2. The van der Waals surface area contributed by atoms with Crippen molar-refractivity contribution < 1.29 is 48.3 Å². The molecule has 2 N–H and O–H groups in total. The first kappa shape index (κ1) is 41.0. The minimum absolute atomic E-state index is 0.0314. The van der Waals surface area contributed by atoms with Crippen molar-refractivity contribution in [3.63, 3.8) is 0 Å². The Bertz CT molecular complexity index is 2770. The molecule has 1 spiro atoms. The number of carboxylic acid groups (broad SMARTS) is 1. The zero-order valence-electron chi connectivity index (χ0n) is 33.9. The Kier molecular flexibility index (Phi) is 11.2. The summed E-state index contributed by atoms with van der Waals surface area (Å²) in [5, 5.41) is 29.7. The van der Waals surface area contributed by atoms with E-state index in [0.717, 1.165) is 10.4 Å². The van der Waals surface area contributed by atoms with Crippen LogP contribution in [0.4, 0.5) is 10.5 Å². The van der Waals surface area contributed by atoms with Gasteiger partial charge in [-0.2, -0.15) is 0 Å². The number of benzene rings is 5. The highest BCUT2D eigenvalue weighted by molar-refractivity contribution is 6.23. The van der Waals surface area contributed by atoms with Crippen LogP contribution in [-0.2, 0) is 40.6 Å². The van der Waals surface area contributed by atoms with Gasteiger partial charge in [0.25, 0.3) is 0 Å². The molecule has 0 radical (unpaired) electrons. The summed E-state index contributed by atoms with van der Waals surface area (Å²) in [6.07, 6.45) is -2.02. The van der Waals surface area contributed by atoms with E-state index < -0.39 is 59.5 Å². The Balaban J connectivity index is 1.30. The SMILES string of the molecule is COCCOC(=O)N1C(=O)C2(c3cc(C#CCn4nnc5ccccc54)ccc31)C(C(=O)O)C1C(=O)OC(c3ccccc3)C(c3ccccc3)N1C2c1cccc(OCCO)c1. The van der Waals surface area contributed by atoms with Gasteiger partial charge in [0, 0.05) is 12.7 Å². The molecule has 3 aliphatic heterocycles. The highest BCUT2D eigenvalue weighted by Gasteiger charge is 2.76. The van der Waals surface area contributed by atoms with Crippen LogP contribution < -0.4 is 9.64 Å². The first-order chi connectivity index (χ1) is 30.8. The fraction of sp³-hybridized carbons (Fsp3) is 0.250. The number of para-hydroxylation sites is 1. The Morgan fingerprint density at radius 3 is 2.30 bits per heavy atom. The summed E-state index contributed by atoms with van der Waals surface area (Å²) in [7, 11) is 1.44. The molecule has 6 atom stereocenters. The Labute approximate surface area is 361 Å². The molecule has 0 bridgehead atoms. The van der Waals surface area contributed by atoms with Crippen molar-refractivity contribution in [1.82, 2.24) is 19.9 Å². The average Bonchev–Trinajstić information content (AvgIpc) is 3.95. The zero-order chi connectivity index (χ0) is 43.7. The molecule has 5 aromatic carbocycles. The van der Waals surface area contributed by atoms with Crippen molar-refractivity contribution >= 4 is 40.7 Å². The molecule has 2 amide bonds. The summed E-state index contributed by atoms with van der Waals surface area (Å²) in [6, 6.07) is 33.7. The molecule has 4 heterocycles. The van der Waals surface area contributed by atoms with E-state index in [-0.39, 0.29) is 44.2 Å². The van der Waals surface area contributed by atoms with Crippen LogP contribution in [0.15, 0.2) is 127 Å². The topological polar surface area (TPSA) is 183 Å². The summed E-state index contributed by atoms with van der Waals surface area (Å²) in [4.78, 5) is 61.8. The van der Waals surface area contributed by atoms with Gasteiger partial charge in [-0.15, -0.1) is 5.10 Å². The molecule has 15 heteroatoms. The van der Waals surface area contributed by atoms with Gasteiger partial charge < -0.3 is 29.2 Å². The van der Waals surface area contributed by atoms with Crippen LogP contribution >= 0.6 is 0 Å². The van der Waals surface area contributed by atoms with E-state index in [4.69, 9.17) is 18.9 Å². The lowest BCUT2D eigenvalue weighted by atomic mass is 9.65. The lowest BCUT2D eigenvalue weighted by Crippen LogP contribution is -2.53. The molecule has 15 nitrogen and oxygen atoms in total. The largest absolute Gasteiger partial charge is 0.491 e. The number of carboxylic acids is 1. The van der Waals surface area contributed by atoms with Crippen molar-refractivity contribution in [1.29, 1.82) is 0 Å².